The molecule has 1 aromatic carbocycles. The fourth-order valence-corrected chi connectivity index (χ4v) is 19.1. The average molecular weight is 1290 g/mol. The van der Waals surface area contributed by atoms with E-state index < -0.39 is 40.1 Å². The average Bonchev–Trinajstić information content (AvgIpc) is 1.87. The molecule has 0 radical (unpaired) electrons. The number of rotatable bonds is 12. The smallest absolute Gasteiger partial charge is 0.261 e. The summed E-state index contributed by atoms with van der Waals surface area (Å²) in [6.45, 7) is 21.0. The summed E-state index contributed by atoms with van der Waals surface area (Å²) < 4.78 is 111. The van der Waals surface area contributed by atoms with Gasteiger partial charge in [0.2, 0.25) is 0 Å². The molecule has 21 nitrogen and oxygen atoms in total. The van der Waals surface area contributed by atoms with E-state index in [1.54, 1.807) is 89.4 Å². The highest BCUT2D eigenvalue weighted by Gasteiger charge is 2.39. The van der Waals surface area contributed by atoms with Gasteiger partial charge in [-0.15, -0.1) is 11.8 Å². The maximum absolute atomic E-state index is 12.7. The molecule has 0 spiro atoms. The van der Waals surface area contributed by atoms with Crippen LogP contribution >= 0.6 is 11.8 Å². The highest BCUT2D eigenvalue weighted by molar-refractivity contribution is 8.06. The van der Waals surface area contributed by atoms with Gasteiger partial charge in [-0.1, -0.05) is 66.7 Å². The number of hydrogen-bond acceptors (Lipinski definition) is 18. The molecule has 0 amide bonds. The molecule has 0 bridgehead atoms. The number of fused-ring (bicyclic) bond motifs is 5. The number of benzene rings is 1. The van der Waals surface area contributed by atoms with Crippen LogP contribution in [0.5, 0.6) is 0 Å². The summed E-state index contributed by atoms with van der Waals surface area (Å²) in [5.41, 5.74) is 7.62. The Hall–Kier alpha value is -6.10. The van der Waals surface area contributed by atoms with E-state index in [0.717, 1.165) is 77.1 Å². The van der Waals surface area contributed by atoms with Crippen LogP contribution in [-0.4, -0.2) is 120 Å². The van der Waals surface area contributed by atoms with Gasteiger partial charge in [0.1, 0.15) is 0 Å². The third-order valence-electron chi connectivity index (χ3n) is 16.2. The molecule has 1 saturated heterocycles. The Labute approximate surface area is 523 Å². The predicted octanol–water partition coefficient (Wildman–Crippen LogP) is 8.87. The van der Waals surface area contributed by atoms with Gasteiger partial charge in [-0.3, -0.25) is 44.9 Å². The SMILES string of the molecule is CC(C)(C)C1CCC(NS(=O)(=O)C2=NCc3ncccc32)CC1.CC(C)C(NS(=O)(=O)C1=NCc2ncccc21)C(C)C.CC1CCCN1S(=O)(=O)C1=NCc2ncccc21.Cc1cc(SCCNS(=O)(=O)C2=NCc3ncccc32)c2ccccc2n1. The van der Waals surface area contributed by atoms with Crippen molar-refractivity contribution in [3.63, 3.8) is 0 Å². The van der Waals surface area contributed by atoms with E-state index in [0.29, 0.717) is 84.3 Å². The minimum atomic E-state index is -3.64. The summed E-state index contributed by atoms with van der Waals surface area (Å²) >= 11 is 1.61. The molecule has 12 rings (SSSR count). The Morgan fingerprint density at radius 1 is 0.591 bits per heavy atom. The van der Waals surface area contributed by atoms with Crippen LogP contribution in [-0.2, 0) is 66.3 Å². The van der Waals surface area contributed by atoms with Crippen LogP contribution in [0, 0.1) is 30.1 Å². The molecule has 3 N–H and O–H groups in total. The van der Waals surface area contributed by atoms with Crippen LogP contribution in [0.2, 0.25) is 0 Å². The molecule has 10 heterocycles. The molecule has 5 aromatic heterocycles. The molecule has 88 heavy (non-hydrogen) atoms. The zero-order valence-corrected chi connectivity index (χ0v) is 55.3. The monoisotopic (exact) mass is 1290 g/mol. The van der Waals surface area contributed by atoms with Crippen LogP contribution in [0.15, 0.2) is 129 Å². The third kappa shape index (κ3) is 15.5. The number of hydrogen-bond donors (Lipinski definition) is 3. The normalized spacial score (nSPS) is 19.1. The van der Waals surface area contributed by atoms with Gasteiger partial charge < -0.3 is 0 Å². The van der Waals surface area contributed by atoms with Crippen molar-refractivity contribution in [2.45, 2.75) is 150 Å². The highest BCUT2D eigenvalue weighted by atomic mass is 32.2. The van der Waals surface area contributed by atoms with Crippen LogP contribution in [0.3, 0.4) is 0 Å². The second kappa shape index (κ2) is 28.0. The number of aliphatic imine (C=N–C) groups is 4. The number of aromatic nitrogens is 5. The van der Waals surface area contributed by atoms with Crippen LogP contribution in [0.25, 0.3) is 10.9 Å². The third-order valence-corrected chi connectivity index (χ3v) is 23.7. The van der Waals surface area contributed by atoms with Gasteiger partial charge in [0, 0.05) is 100.0 Å². The molecule has 26 heteroatoms. The van der Waals surface area contributed by atoms with Gasteiger partial charge in [-0.25, -0.2) is 47.8 Å². The van der Waals surface area contributed by atoms with Crippen LogP contribution < -0.4 is 14.2 Å². The lowest BCUT2D eigenvalue weighted by atomic mass is 9.71. The summed E-state index contributed by atoms with van der Waals surface area (Å²) in [7, 11) is -14.3. The molecule has 1 aliphatic carbocycles. The highest BCUT2D eigenvalue weighted by Crippen LogP contribution is 2.38. The molecule has 470 valence electrons. The number of thioether (sulfide) groups is 1. The molecule has 1 saturated carbocycles. The van der Waals surface area contributed by atoms with Gasteiger partial charge in [0.25, 0.3) is 40.1 Å². The van der Waals surface area contributed by atoms with Gasteiger partial charge in [0.15, 0.2) is 20.2 Å². The van der Waals surface area contributed by atoms with E-state index in [4.69, 9.17) is 0 Å². The van der Waals surface area contributed by atoms with E-state index in [-0.39, 0.29) is 50.1 Å². The first kappa shape index (κ1) is 66.3. The van der Waals surface area contributed by atoms with Crippen molar-refractivity contribution in [1.82, 2.24) is 43.4 Å². The van der Waals surface area contributed by atoms with Crippen molar-refractivity contribution in [2.24, 2.45) is 43.1 Å². The Kier molecular flexibility index (Phi) is 21.1. The first-order valence-electron chi connectivity index (χ1n) is 29.8. The number of pyridine rings is 5. The lowest BCUT2D eigenvalue weighted by Crippen LogP contribution is -2.44. The molecule has 5 aliphatic heterocycles. The van der Waals surface area contributed by atoms with Gasteiger partial charge in [-0.05, 0) is 136 Å². The number of nitrogens with one attached hydrogen (secondary N) is 3. The number of para-hydroxylation sites is 1. The van der Waals surface area contributed by atoms with Crippen molar-refractivity contribution in [2.75, 3.05) is 18.8 Å². The first-order valence-corrected chi connectivity index (χ1v) is 36.6. The van der Waals surface area contributed by atoms with Gasteiger partial charge in [-0.2, -0.15) is 4.31 Å². The number of nitrogens with zero attached hydrogens (tertiary/aromatic N) is 10. The quantitative estimate of drug-likeness (QED) is 0.0762. The number of aryl methyl sites for hydroxylation is 1. The second-order valence-electron chi connectivity index (χ2n) is 24.3. The fourth-order valence-electron chi connectivity index (χ4n) is 11.7. The number of sulfonamides is 4. The van der Waals surface area contributed by atoms with E-state index in [1.165, 1.54) is 0 Å². The van der Waals surface area contributed by atoms with Gasteiger partial charge >= 0.3 is 0 Å². The molecular formula is C62H79N13O8S5. The van der Waals surface area contributed by atoms with E-state index in [9.17, 15) is 33.7 Å². The van der Waals surface area contributed by atoms with Crippen LogP contribution in [0.1, 0.15) is 145 Å². The predicted molar refractivity (Wildman–Crippen MR) is 349 cm³/mol. The summed E-state index contributed by atoms with van der Waals surface area (Å²) in [6, 6.07) is 24.0. The van der Waals surface area contributed by atoms with Crippen molar-refractivity contribution >= 4 is 82.9 Å². The summed E-state index contributed by atoms with van der Waals surface area (Å²) in [5.74, 6) is 1.72. The Morgan fingerprint density at radius 2 is 1.06 bits per heavy atom. The van der Waals surface area contributed by atoms with E-state index >= 15 is 0 Å². The minimum absolute atomic E-state index is 0.0158. The van der Waals surface area contributed by atoms with Crippen molar-refractivity contribution in [1.29, 1.82) is 0 Å². The summed E-state index contributed by atoms with van der Waals surface area (Å²) in [6.07, 6.45) is 12.4. The Balaban J connectivity index is 0.000000141. The standard InChI is InChI=1S/C19H18N4O2S2.C17H25N3O2S.C14H21N3O2S.C12H15N3O2S/c1-13-11-18(14-5-2-3-7-16(14)23-13)26-10-9-22-27(24,25)19-15-6-4-8-20-17(15)12-21-19;1-17(2,3)12-6-8-13(9-7-12)20-23(21,22)16-14-5-4-10-18-15(14)11-19-16;1-9(2)13(10(3)4)17-20(18,19)14-11-6-5-7-15-12(11)8-16-14;1-9-4-3-7-15(9)18(16,17)12-10-5-2-6-13-11(10)8-14-12/h2-8,11,22H,9-10,12H2,1H3;4-5,10,12-13,20H,6-9,11H2,1-3H3;5-7,9-10,13,17H,8H2,1-4H3;2,5-6,9H,3-4,7-8H2,1H3. The van der Waals surface area contributed by atoms with Crippen molar-refractivity contribution in [3.05, 3.63) is 154 Å². The zero-order valence-electron chi connectivity index (χ0n) is 51.3. The molecule has 1 atom stereocenters. The lowest BCUT2D eigenvalue weighted by molar-refractivity contribution is 0.166. The largest absolute Gasteiger partial charge is 0.265 e. The lowest BCUT2D eigenvalue weighted by Gasteiger charge is -2.37. The van der Waals surface area contributed by atoms with Crippen LogP contribution in [0.4, 0.5) is 0 Å². The molecule has 6 aromatic rings. The molecule has 2 fully saturated rings. The van der Waals surface area contributed by atoms with Gasteiger partial charge in [0.05, 0.1) is 54.5 Å². The van der Waals surface area contributed by atoms with Crippen molar-refractivity contribution < 1.29 is 33.7 Å². The van der Waals surface area contributed by atoms with E-state index in [2.05, 4.69) is 79.8 Å². The fraction of sp³-hybridized carbons (Fsp3) is 0.468. The summed E-state index contributed by atoms with van der Waals surface area (Å²) in [5, 5.41) is 1.63. The molecular weight excluding hydrogens is 1220 g/mol. The Morgan fingerprint density at radius 3 is 1.53 bits per heavy atom. The molecule has 6 aliphatic rings. The van der Waals surface area contributed by atoms with E-state index in [1.807, 2.05) is 71.9 Å². The first-order chi connectivity index (χ1) is 41.7. The van der Waals surface area contributed by atoms with Crippen molar-refractivity contribution in [3.8, 4) is 0 Å². The summed E-state index contributed by atoms with van der Waals surface area (Å²) in [4.78, 5) is 39.0. The second-order valence-corrected chi connectivity index (χ2v) is 32.2. The zero-order chi connectivity index (χ0) is 63.2. The maximum Gasteiger partial charge on any atom is 0.261 e. The molecule has 1 unspecified atom stereocenters. The maximum atomic E-state index is 12.7. The topological polar surface area (TPSA) is 290 Å². The Bertz CT molecular complexity index is 4120. The minimum Gasteiger partial charge on any atom is -0.265 e.